The summed E-state index contributed by atoms with van der Waals surface area (Å²) < 4.78 is 4.86. The van der Waals surface area contributed by atoms with Crippen molar-refractivity contribution in [2.24, 2.45) is 0 Å². The van der Waals surface area contributed by atoms with E-state index in [1.165, 1.54) is 34.9 Å². The molecule has 0 aromatic carbocycles. The molecule has 2 rings (SSSR count). The van der Waals surface area contributed by atoms with Crippen molar-refractivity contribution in [2.45, 2.75) is 25.5 Å². The topological polar surface area (TPSA) is 76.6 Å². The SMILES string of the molecule is CCOC(=O)c1csc(N2CC(SC(C)=O)CC2=O)n1. The van der Waals surface area contributed by atoms with Crippen molar-refractivity contribution in [1.29, 1.82) is 0 Å². The van der Waals surface area contributed by atoms with Gasteiger partial charge in [0.05, 0.1) is 6.61 Å². The molecule has 0 aliphatic carbocycles. The second kappa shape index (κ2) is 6.36. The molecule has 1 unspecified atom stereocenters. The maximum atomic E-state index is 11.9. The number of hydrogen-bond acceptors (Lipinski definition) is 7. The third-order valence-electron chi connectivity index (χ3n) is 2.63. The Kier molecular flexibility index (Phi) is 4.77. The van der Waals surface area contributed by atoms with Gasteiger partial charge in [-0.1, -0.05) is 11.8 Å². The molecule has 1 saturated heterocycles. The molecule has 1 amide bonds. The number of rotatable bonds is 4. The molecule has 1 aromatic heterocycles. The predicted octanol–water partition coefficient (Wildman–Crippen LogP) is 1.70. The van der Waals surface area contributed by atoms with E-state index < -0.39 is 5.97 Å². The number of amides is 1. The minimum absolute atomic E-state index is 0.00370. The van der Waals surface area contributed by atoms with Gasteiger partial charge in [-0.25, -0.2) is 9.78 Å². The Bertz CT molecular complexity index is 543. The van der Waals surface area contributed by atoms with Gasteiger partial charge in [-0.3, -0.25) is 14.5 Å². The number of carbonyl (C=O) groups is 3. The second-order valence-electron chi connectivity index (χ2n) is 4.18. The molecule has 1 aliphatic heterocycles. The van der Waals surface area contributed by atoms with E-state index in [4.69, 9.17) is 4.74 Å². The number of esters is 1. The van der Waals surface area contributed by atoms with Gasteiger partial charge >= 0.3 is 5.97 Å². The Morgan fingerprint density at radius 2 is 2.35 bits per heavy atom. The molecule has 20 heavy (non-hydrogen) atoms. The molecular formula is C12H14N2O4S2. The van der Waals surface area contributed by atoms with E-state index >= 15 is 0 Å². The van der Waals surface area contributed by atoms with E-state index in [0.29, 0.717) is 18.1 Å². The standard InChI is InChI=1S/C12H14N2O4S2/c1-3-18-11(17)9-6-19-12(13-9)14-5-8(4-10(14)16)20-7(2)15/h6,8H,3-5H2,1-2H3. The molecule has 0 spiro atoms. The molecule has 2 heterocycles. The van der Waals surface area contributed by atoms with Gasteiger partial charge in [0.2, 0.25) is 5.91 Å². The van der Waals surface area contributed by atoms with Crippen LogP contribution in [0.4, 0.5) is 5.13 Å². The van der Waals surface area contributed by atoms with Crippen LogP contribution in [0.2, 0.25) is 0 Å². The first-order chi connectivity index (χ1) is 9.51. The van der Waals surface area contributed by atoms with Crippen LogP contribution in [-0.4, -0.2) is 40.4 Å². The lowest BCUT2D eigenvalue weighted by Gasteiger charge is -2.11. The molecule has 6 nitrogen and oxygen atoms in total. The van der Waals surface area contributed by atoms with Gasteiger partial charge in [0.15, 0.2) is 15.9 Å². The van der Waals surface area contributed by atoms with Crippen LogP contribution in [0.5, 0.6) is 0 Å². The Morgan fingerprint density at radius 3 is 3.00 bits per heavy atom. The van der Waals surface area contributed by atoms with Gasteiger partial charge in [-0.05, 0) is 6.92 Å². The fourth-order valence-electron chi connectivity index (χ4n) is 1.86. The van der Waals surface area contributed by atoms with Gasteiger partial charge in [-0.15, -0.1) is 11.3 Å². The Balaban J connectivity index is 2.07. The smallest absolute Gasteiger partial charge is 0.357 e. The molecular weight excluding hydrogens is 300 g/mol. The first kappa shape index (κ1) is 15.0. The number of nitrogens with zero attached hydrogens (tertiary/aromatic N) is 2. The molecule has 1 aromatic rings. The lowest BCUT2D eigenvalue weighted by atomic mass is 10.4. The summed E-state index contributed by atoms with van der Waals surface area (Å²) in [6, 6.07) is 0. The number of ether oxygens (including phenoxy) is 1. The fraction of sp³-hybridized carbons (Fsp3) is 0.500. The largest absolute Gasteiger partial charge is 0.461 e. The van der Waals surface area contributed by atoms with Crippen LogP contribution in [-0.2, 0) is 14.3 Å². The predicted molar refractivity (Wildman–Crippen MR) is 77.1 cm³/mol. The van der Waals surface area contributed by atoms with E-state index in [1.54, 1.807) is 12.3 Å². The average molecular weight is 314 g/mol. The van der Waals surface area contributed by atoms with Crippen molar-refractivity contribution >= 4 is 45.2 Å². The normalized spacial score (nSPS) is 18.4. The summed E-state index contributed by atoms with van der Waals surface area (Å²) in [5.41, 5.74) is 0.210. The summed E-state index contributed by atoms with van der Waals surface area (Å²) >= 11 is 2.39. The van der Waals surface area contributed by atoms with Crippen molar-refractivity contribution in [3.63, 3.8) is 0 Å². The Morgan fingerprint density at radius 1 is 1.60 bits per heavy atom. The Hall–Kier alpha value is -1.41. The first-order valence-corrected chi connectivity index (χ1v) is 7.87. The lowest BCUT2D eigenvalue weighted by molar-refractivity contribution is -0.117. The summed E-state index contributed by atoms with van der Waals surface area (Å²) in [6.45, 7) is 3.93. The van der Waals surface area contributed by atoms with Crippen molar-refractivity contribution in [2.75, 3.05) is 18.1 Å². The van der Waals surface area contributed by atoms with Crippen LogP contribution in [0, 0.1) is 0 Å². The van der Waals surface area contributed by atoms with E-state index in [0.717, 1.165) is 0 Å². The number of carbonyl (C=O) groups excluding carboxylic acids is 3. The van der Waals surface area contributed by atoms with E-state index in [1.807, 2.05) is 0 Å². The summed E-state index contributed by atoms with van der Waals surface area (Å²) in [5, 5.41) is 2.00. The number of thioether (sulfide) groups is 1. The number of thiazole rings is 1. The highest BCUT2D eigenvalue weighted by Gasteiger charge is 2.33. The highest BCUT2D eigenvalue weighted by Crippen LogP contribution is 2.30. The lowest BCUT2D eigenvalue weighted by Crippen LogP contribution is -2.25. The van der Waals surface area contributed by atoms with Crippen LogP contribution in [0.1, 0.15) is 30.8 Å². The maximum absolute atomic E-state index is 11.9. The van der Waals surface area contributed by atoms with Crippen molar-refractivity contribution in [3.05, 3.63) is 11.1 Å². The summed E-state index contributed by atoms with van der Waals surface area (Å²) in [5.74, 6) is -0.565. The molecule has 108 valence electrons. The van der Waals surface area contributed by atoms with Gasteiger partial charge in [0.1, 0.15) is 0 Å². The van der Waals surface area contributed by atoms with Gasteiger partial charge in [0.25, 0.3) is 0 Å². The monoisotopic (exact) mass is 314 g/mol. The van der Waals surface area contributed by atoms with Crippen LogP contribution < -0.4 is 4.90 Å². The zero-order chi connectivity index (χ0) is 14.7. The van der Waals surface area contributed by atoms with Crippen LogP contribution in [0.3, 0.4) is 0 Å². The maximum Gasteiger partial charge on any atom is 0.357 e. The molecule has 0 bridgehead atoms. The highest BCUT2D eigenvalue weighted by molar-refractivity contribution is 8.14. The minimum Gasteiger partial charge on any atom is -0.461 e. The average Bonchev–Trinajstić information content (AvgIpc) is 2.95. The molecule has 0 N–H and O–H groups in total. The van der Waals surface area contributed by atoms with Gasteiger partial charge in [0, 0.05) is 30.5 Å². The fourth-order valence-corrected chi connectivity index (χ4v) is 3.60. The van der Waals surface area contributed by atoms with Crippen LogP contribution >= 0.6 is 23.1 Å². The molecule has 1 aliphatic rings. The van der Waals surface area contributed by atoms with Crippen LogP contribution in [0.15, 0.2) is 5.38 Å². The number of aromatic nitrogens is 1. The number of anilines is 1. The molecule has 0 saturated carbocycles. The minimum atomic E-state index is -0.490. The van der Waals surface area contributed by atoms with Crippen molar-refractivity contribution < 1.29 is 19.1 Å². The summed E-state index contributed by atoms with van der Waals surface area (Å²) in [7, 11) is 0. The first-order valence-electron chi connectivity index (χ1n) is 6.11. The molecule has 0 radical (unpaired) electrons. The quantitative estimate of drug-likeness (QED) is 0.787. The molecule has 8 heteroatoms. The zero-order valence-corrected chi connectivity index (χ0v) is 12.8. The van der Waals surface area contributed by atoms with E-state index in [2.05, 4.69) is 4.98 Å². The third-order valence-corrected chi connectivity index (χ3v) is 4.47. The Labute approximate surface area is 124 Å². The summed E-state index contributed by atoms with van der Waals surface area (Å²) in [6.07, 6.45) is 0.318. The van der Waals surface area contributed by atoms with Crippen LogP contribution in [0.25, 0.3) is 0 Å². The highest BCUT2D eigenvalue weighted by atomic mass is 32.2. The number of hydrogen-bond donors (Lipinski definition) is 0. The van der Waals surface area contributed by atoms with Crippen molar-refractivity contribution in [3.8, 4) is 0 Å². The molecule has 1 fully saturated rings. The van der Waals surface area contributed by atoms with Gasteiger partial charge in [-0.2, -0.15) is 0 Å². The zero-order valence-electron chi connectivity index (χ0n) is 11.1. The van der Waals surface area contributed by atoms with E-state index in [-0.39, 0.29) is 28.6 Å². The third kappa shape index (κ3) is 3.37. The van der Waals surface area contributed by atoms with Gasteiger partial charge < -0.3 is 4.74 Å². The van der Waals surface area contributed by atoms with E-state index in [9.17, 15) is 14.4 Å². The summed E-state index contributed by atoms with van der Waals surface area (Å²) in [4.78, 5) is 40.2. The second-order valence-corrected chi connectivity index (χ2v) is 6.49. The van der Waals surface area contributed by atoms with Crippen molar-refractivity contribution in [1.82, 2.24) is 4.98 Å². The molecule has 1 atom stereocenters.